The summed E-state index contributed by atoms with van der Waals surface area (Å²) in [7, 11) is 0. The molecule has 2 rings (SSSR count). The van der Waals surface area contributed by atoms with Crippen molar-refractivity contribution in [3.05, 3.63) is 64.3 Å². The van der Waals surface area contributed by atoms with E-state index in [-0.39, 0.29) is 11.7 Å². The number of aromatic amines is 1. The topological polar surface area (TPSA) is 55.0 Å². The van der Waals surface area contributed by atoms with E-state index in [1.165, 1.54) is 12.3 Å². The fraction of sp³-hybridized carbons (Fsp3) is 0.231. The van der Waals surface area contributed by atoms with Crippen LogP contribution in [-0.2, 0) is 4.74 Å². The fourth-order valence-electron chi connectivity index (χ4n) is 1.65. The normalized spacial score (nSPS) is 12.3. The number of aromatic nitrogens is 2. The molecule has 0 aliphatic carbocycles. The van der Waals surface area contributed by atoms with Gasteiger partial charge >= 0.3 is 0 Å². The van der Waals surface area contributed by atoms with Crippen LogP contribution in [0.2, 0.25) is 0 Å². The Bertz CT molecular complexity index is 522. The zero-order valence-corrected chi connectivity index (χ0v) is 9.59. The first-order valence-electron chi connectivity index (χ1n) is 5.53. The molecule has 4 heteroatoms. The van der Waals surface area contributed by atoms with Gasteiger partial charge in [-0.15, -0.1) is 0 Å². The molecule has 17 heavy (non-hydrogen) atoms. The van der Waals surface area contributed by atoms with Crippen LogP contribution >= 0.6 is 0 Å². The van der Waals surface area contributed by atoms with E-state index in [1.807, 2.05) is 37.3 Å². The lowest BCUT2D eigenvalue weighted by molar-refractivity contribution is 0.0849. The van der Waals surface area contributed by atoms with Gasteiger partial charge < -0.3 is 9.72 Å². The highest BCUT2D eigenvalue weighted by atomic mass is 16.5. The number of nitrogens with zero attached hydrogens (tertiary/aromatic N) is 1. The van der Waals surface area contributed by atoms with E-state index < -0.39 is 0 Å². The van der Waals surface area contributed by atoms with E-state index in [2.05, 4.69) is 9.97 Å². The Kier molecular flexibility index (Phi) is 3.67. The Hall–Kier alpha value is -1.94. The molecule has 0 bridgehead atoms. The van der Waals surface area contributed by atoms with Crippen LogP contribution in [0.3, 0.4) is 0 Å². The summed E-state index contributed by atoms with van der Waals surface area (Å²) in [6.45, 7) is 2.47. The standard InChI is InChI=1S/C13H14N2O2/c1-2-17-12(10-6-4-3-5-7-10)13-14-9-8-11(16)15-13/h3-9,12H,2H2,1H3,(H,14,15,16). The molecule has 2 aromatic rings. The summed E-state index contributed by atoms with van der Waals surface area (Å²) >= 11 is 0. The molecule has 0 fully saturated rings. The molecule has 1 aromatic carbocycles. The molecule has 1 atom stereocenters. The highest BCUT2D eigenvalue weighted by Gasteiger charge is 2.15. The second-order valence-corrected chi connectivity index (χ2v) is 3.57. The van der Waals surface area contributed by atoms with Crippen molar-refractivity contribution in [2.24, 2.45) is 0 Å². The van der Waals surface area contributed by atoms with Gasteiger partial charge in [-0.25, -0.2) is 4.98 Å². The quantitative estimate of drug-likeness (QED) is 0.872. The molecular formula is C13H14N2O2. The summed E-state index contributed by atoms with van der Waals surface area (Å²) in [4.78, 5) is 18.1. The first-order chi connectivity index (χ1) is 8.31. The SMILES string of the molecule is CCOC(c1ccccc1)c1nccc(=O)[nH]1. The van der Waals surface area contributed by atoms with Crippen LogP contribution in [0, 0.1) is 0 Å². The second kappa shape index (κ2) is 5.41. The molecule has 0 amide bonds. The average molecular weight is 230 g/mol. The fourth-order valence-corrected chi connectivity index (χ4v) is 1.65. The predicted octanol–water partition coefficient (Wildman–Crippen LogP) is 1.90. The number of H-pyrrole nitrogens is 1. The van der Waals surface area contributed by atoms with Crippen molar-refractivity contribution in [2.45, 2.75) is 13.0 Å². The molecule has 0 saturated heterocycles. The van der Waals surface area contributed by atoms with Crippen molar-refractivity contribution < 1.29 is 4.74 Å². The third-order valence-corrected chi connectivity index (χ3v) is 2.37. The lowest BCUT2D eigenvalue weighted by Gasteiger charge is -2.16. The van der Waals surface area contributed by atoms with Gasteiger partial charge in [-0.1, -0.05) is 30.3 Å². The van der Waals surface area contributed by atoms with E-state index in [0.717, 1.165) is 5.56 Å². The monoisotopic (exact) mass is 230 g/mol. The number of hydrogen-bond donors (Lipinski definition) is 1. The summed E-state index contributed by atoms with van der Waals surface area (Å²) in [5.41, 5.74) is 0.805. The molecular weight excluding hydrogens is 216 g/mol. The Morgan fingerprint density at radius 1 is 1.29 bits per heavy atom. The minimum Gasteiger partial charge on any atom is -0.366 e. The van der Waals surface area contributed by atoms with Crippen LogP contribution in [0.4, 0.5) is 0 Å². The molecule has 1 aromatic heterocycles. The highest BCUT2D eigenvalue weighted by molar-refractivity contribution is 5.22. The summed E-state index contributed by atoms with van der Waals surface area (Å²) in [6.07, 6.45) is 1.17. The third kappa shape index (κ3) is 2.79. The van der Waals surface area contributed by atoms with Crippen LogP contribution in [0.5, 0.6) is 0 Å². The molecule has 1 unspecified atom stereocenters. The Morgan fingerprint density at radius 2 is 2.06 bits per heavy atom. The van der Waals surface area contributed by atoms with Gasteiger partial charge in [-0.2, -0.15) is 0 Å². The number of nitrogens with one attached hydrogen (secondary N) is 1. The molecule has 0 spiro atoms. The third-order valence-electron chi connectivity index (χ3n) is 2.37. The van der Waals surface area contributed by atoms with Gasteiger partial charge in [-0.3, -0.25) is 4.79 Å². The Labute approximate surface area is 99.3 Å². The van der Waals surface area contributed by atoms with E-state index >= 15 is 0 Å². The summed E-state index contributed by atoms with van der Waals surface area (Å²) < 4.78 is 5.64. The van der Waals surface area contributed by atoms with Gasteiger partial charge in [0.05, 0.1) is 0 Å². The number of rotatable bonds is 4. The van der Waals surface area contributed by atoms with Crippen molar-refractivity contribution in [3.8, 4) is 0 Å². The lowest BCUT2D eigenvalue weighted by Crippen LogP contribution is -2.15. The van der Waals surface area contributed by atoms with Gasteiger partial charge in [0.15, 0.2) is 0 Å². The molecule has 0 radical (unpaired) electrons. The van der Waals surface area contributed by atoms with Crippen molar-refractivity contribution in [2.75, 3.05) is 6.61 Å². The maximum Gasteiger partial charge on any atom is 0.250 e. The average Bonchev–Trinajstić information content (AvgIpc) is 2.37. The summed E-state index contributed by atoms with van der Waals surface area (Å²) in [5, 5.41) is 0. The van der Waals surface area contributed by atoms with E-state index in [0.29, 0.717) is 12.4 Å². The maximum absolute atomic E-state index is 11.3. The molecule has 0 saturated carbocycles. The van der Waals surface area contributed by atoms with Gasteiger partial charge in [0, 0.05) is 18.9 Å². The number of benzene rings is 1. The second-order valence-electron chi connectivity index (χ2n) is 3.57. The molecule has 0 aliphatic heterocycles. The first-order valence-corrected chi connectivity index (χ1v) is 5.53. The van der Waals surface area contributed by atoms with Crippen molar-refractivity contribution in [3.63, 3.8) is 0 Å². The smallest absolute Gasteiger partial charge is 0.250 e. The van der Waals surface area contributed by atoms with Crippen LogP contribution in [0.15, 0.2) is 47.4 Å². The molecule has 0 aliphatic rings. The highest BCUT2D eigenvalue weighted by Crippen LogP contribution is 2.21. The molecule has 4 nitrogen and oxygen atoms in total. The van der Waals surface area contributed by atoms with E-state index in [9.17, 15) is 4.79 Å². The zero-order valence-electron chi connectivity index (χ0n) is 9.59. The van der Waals surface area contributed by atoms with E-state index in [1.54, 1.807) is 0 Å². The maximum atomic E-state index is 11.3. The van der Waals surface area contributed by atoms with Crippen molar-refractivity contribution in [1.29, 1.82) is 0 Å². The summed E-state index contributed by atoms with van der Waals surface area (Å²) in [6, 6.07) is 11.1. The first kappa shape index (κ1) is 11.5. The minimum absolute atomic E-state index is 0.171. The van der Waals surface area contributed by atoms with Gasteiger partial charge in [-0.05, 0) is 12.5 Å². The zero-order chi connectivity index (χ0) is 12.1. The Morgan fingerprint density at radius 3 is 2.71 bits per heavy atom. The van der Waals surface area contributed by atoms with Crippen molar-refractivity contribution >= 4 is 0 Å². The molecule has 88 valence electrons. The number of hydrogen-bond acceptors (Lipinski definition) is 3. The summed E-state index contributed by atoms with van der Waals surface area (Å²) in [5.74, 6) is 0.533. The van der Waals surface area contributed by atoms with Crippen LogP contribution in [0.25, 0.3) is 0 Å². The molecule has 1 heterocycles. The largest absolute Gasteiger partial charge is 0.366 e. The predicted molar refractivity (Wildman–Crippen MR) is 64.8 cm³/mol. The van der Waals surface area contributed by atoms with Gasteiger partial charge in [0.1, 0.15) is 11.9 Å². The van der Waals surface area contributed by atoms with E-state index in [4.69, 9.17) is 4.74 Å². The lowest BCUT2D eigenvalue weighted by atomic mass is 10.1. The van der Waals surface area contributed by atoms with Crippen LogP contribution in [-0.4, -0.2) is 16.6 Å². The van der Waals surface area contributed by atoms with Crippen LogP contribution < -0.4 is 5.56 Å². The number of ether oxygens (including phenoxy) is 1. The van der Waals surface area contributed by atoms with Gasteiger partial charge in [0.25, 0.3) is 5.56 Å². The Balaban J connectivity index is 2.39. The van der Waals surface area contributed by atoms with Gasteiger partial charge in [0.2, 0.25) is 0 Å². The molecule has 1 N–H and O–H groups in total. The minimum atomic E-state index is -0.324. The van der Waals surface area contributed by atoms with Crippen LogP contribution in [0.1, 0.15) is 24.4 Å². The van der Waals surface area contributed by atoms with Crippen molar-refractivity contribution in [1.82, 2.24) is 9.97 Å².